The predicted octanol–water partition coefficient (Wildman–Crippen LogP) is 2.44. The molecule has 2 aromatic rings. The van der Waals surface area contributed by atoms with Gasteiger partial charge >= 0.3 is 0 Å². The van der Waals surface area contributed by atoms with Crippen molar-refractivity contribution < 1.29 is 19.0 Å². The van der Waals surface area contributed by atoms with Crippen molar-refractivity contribution in [2.75, 3.05) is 27.9 Å². The summed E-state index contributed by atoms with van der Waals surface area (Å²) in [6.45, 7) is 3.35. The molecule has 0 aliphatic rings. The summed E-state index contributed by atoms with van der Waals surface area (Å²) in [6, 6.07) is 3.57. The van der Waals surface area contributed by atoms with Crippen LogP contribution in [-0.2, 0) is 11.3 Å². The number of rotatable bonds is 9. The molecule has 0 aliphatic heterocycles. The lowest BCUT2D eigenvalue weighted by Gasteiger charge is -2.12. The number of methoxy groups -OCH3 is 3. The Hall–Kier alpha value is -2.96. The lowest BCUT2D eigenvalue weighted by molar-refractivity contribution is -0.116. The molecular weight excluding hydrogens is 334 g/mol. The first-order valence-corrected chi connectivity index (χ1v) is 8.32. The maximum Gasteiger partial charge on any atom is 0.244 e. The Balaban J connectivity index is 1.88. The van der Waals surface area contributed by atoms with E-state index in [-0.39, 0.29) is 5.91 Å². The molecule has 0 unspecified atom stereocenters. The molecule has 0 bridgehead atoms. The molecule has 26 heavy (non-hydrogen) atoms. The third-order valence-electron chi connectivity index (χ3n) is 3.74. The zero-order valence-electron chi connectivity index (χ0n) is 15.6. The Morgan fingerprint density at radius 1 is 1.19 bits per heavy atom. The molecule has 1 aromatic carbocycles. The van der Waals surface area contributed by atoms with Crippen molar-refractivity contribution in [3.05, 3.63) is 41.7 Å². The zero-order valence-corrected chi connectivity index (χ0v) is 15.6. The number of nitrogens with one attached hydrogen (secondary N) is 1. The molecule has 7 heteroatoms. The predicted molar refractivity (Wildman–Crippen MR) is 99.7 cm³/mol. The van der Waals surface area contributed by atoms with E-state index in [0.717, 1.165) is 24.1 Å². The molecule has 0 fully saturated rings. The van der Waals surface area contributed by atoms with E-state index in [1.165, 1.54) is 6.08 Å². The van der Waals surface area contributed by atoms with Crippen molar-refractivity contribution in [2.24, 2.45) is 0 Å². The van der Waals surface area contributed by atoms with Gasteiger partial charge in [0.1, 0.15) is 0 Å². The quantitative estimate of drug-likeness (QED) is 0.550. The van der Waals surface area contributed by atoms with Crippen molar-refractivity contribution in [3.8, 4) is 17.2 Å². The molecule has 1 aromatic heterocycles. The standard InChI is InChI=1S/C19H25N3O4/c1-14-12-21-22(13-14)9-5-8-20-18(23)7-6-15-10-16(24-2)19(26-4)17(11-15)25-3/h6-7,10-13H,5,8-9H2,1-4H3,(H,20,23)/b7-6+. The van der Waals surface area contributed by atoms with Crippen molar-refractivity contribution >= 4 is 12.0 Å². The van der Waals surface area contributed by atoms with Crippen LogP contribution in [-0.4, -0.2) is 43.6 Å². The van der Waals surface area contributed by atoms with Crippen LogP contribution >= 0.6 is 0 Å². The van der Waals surface area contributed by atoms with Crippen molar-refractivity contribution in [2.45, 2.75) is 19.9 Å². The van der Waals surface area contributed by atoms with Crippen molar-refractivity contribution in [1.29, 1.82) is 0 Å². The highest BCUT2D eigenvalue weighted by atomic mass is 16.5. The Morgan fingerprint density at radius 2 is 1.88 bits per heavy atom. The van der Waals surface area contributed by atoms with Gasteiger partial charge in [-0.1, -0.05) is 0 Å². The molecule has 2 rings (SSSR count). The van der Waals surface area contributed by atoms with E-state index < -0.39 is 0 Å². The monoisotopic (exact) mass is 359 g/mol. The second kappa shape index (κ2) is 9.50. The average Bonchev–Trinajstić information content (AvgIpc) is 3.07. The molecule has 1 heterocycles. The molecule has 1 amide bonds. The highest BCUT2D eigenvalue weighted by Crippen LogP contribution is 2.38. The summed E-state index contributed by atoms with van der Waals surface area (Å²) in [7, 11) is 4.66. The molecular formula is C19H25N3O4. The van der Waals surface area contributed by atoms with Gasteiger partial charge in [-0.25, -0.2) is 0 Å². The average molecular weight is 359 g/mol. The van der Waals surface area contributed by atoms with Gasteiger partial charge < -0.3 is 19.5 Å². The number of hydrogen-bond donors (Lipinski definition) is 1. The molecule has 0 saturated heterocycles. The summed E-state index contributed by atoms with van der Waals surface area (Å²) in [4.78, 5) is 12.0. The van der Waals surface area contributed by atoms with Crippen LogP contribution in [0.15, 0.2) is 30.6 Å². The fourth-order valence-electron chi connectivity index (χ4n) is 2.47. The summed E-state index contributed by atoms with van der Waals surface area (Å²) in [6.07, 6.45) is 7.80. The number of benzene rings is 1. The van der Waals surface area contributed by atoms with Gasteiger partial charge in [0.2, 0.25) is 11.7 Å². The summed E-state index contributed by atoms with van der Waals surface area (Å²) in [5, 5.41) is 7.07. The normalized spacial score (nSPS) is 10.8. The smallest absolute Gasteiger partial charge is 0.244 e. The van der Waals surface area contributed by atoms with E-state index in [9.17, 15) is 4.79 Å². The highest BCUT2D eigenvalue weighted by molar-refractivity contribution is 5.91. The zero-order chi connectivity index (χ0) is 18.9. The van der Waals surface area contributed by atoms with Gasteiger partial charge in [-0.15, -0.1) is 0 Å². The van der Waals surface area contributed by atoms with Gasteiger partial charge in [0.15, 0.2) is 11.5 Å². The largest absolute Gasteiger partial charge is 0.493 e. The molecule has 7 nitrogen and oxygen atoms in total. The minimum Gasteiger partial charge on any atom is -0.493 e. The van der Waals surface area contributed by atoms with Gasteiger partial charge in [-0.2, -0.15) is 5.10 Å². The summed E-state index contributed by atoms with van der Waals surface area (Å²) in [5.41, 5.74) is 1.91. The van der Waals surface area contributed by atoms with Gasteiger partial charge in [0.05, 0.1) is 27.5 Å². The maximum atomic E-state index is 12.0. The minimum atomic E-state index is -0.157. The first-order valence-electron chi connectivity index (χ1n) is 8.32. The van der Waals surface area contributed by atoms with E-state index in [2.05, 4.69) is 10.4 Å². The Labute approximate surface area is 153 Å². The van der Waals surface area contributed by atoms with E-state index >= 15 is 0 Å². The Kier molecular flexibility index (Phi) is 7.08. The molecule has 0 spiro atoms. The van der Waals surface area contributed by atoms with Gasteiger partial charge in [-0.05, 0) is 42.7 Å². The Morgan fingerprint density at radius 3 is 2.42 bits per heavy atom. The fourth-order valence-corrected chi connectivity index (χ4v) is 2.47. The molecule has 0 aliphatic carbocycles. The first-order chi connectivity index (χ1) is 12.6. The number of hydrogen-bond acceptors (Lipinski definition) is 5. The van der Waals surface area contributed by atoms with E-state index in [1.54, 1.807) is 39.5 Å². The van der Waals surface area contributed by atoms with Crippen LogP contribution in [0.25, 0.3) is 6.08 Å². The third kappa shape index (κ3) is 5.27. The molecule has 0 saturated carbocycles. The van der Waals surface area contributed by atoms with Crippen LogP contribution in [0.5, 0.6) is 17.2 Å². The number of aryl methyl sites for hydroxylation is 2. The molecule has 140 valence electrons. The maximum absolute atomic E-state index is 12.0. The summed E-state index contributed by atoms with van der Waals surface area (Å²) in [5.74, 6) is 1.45. The number of ether oxygens (including phenoxy) is 3. The molecule has 0 atom stereocenters. The summed E-state index contributed by atoms with van der Waals surface area (Å²) < 4.78 is 17.8. The molecule has 0 radical (unpaired) electrons. The van der Waals surface area contributed by atoms with Crippen LogP contribution in [0.2, 0.25) is 0 Å². The van der Waals surface area contributed by atoms with Crippen LogP contribution in [0.4, 0.5) is 0 Å². The van der Waals surface area contributed by atoms with Crippen molar-refractivity contribution in [3.63, 3.8) is 0 Å². The van der Waals surface area contributed by atoms with E-state index in [1.807, 2.05) is 24.0 Å². The van der Waals surface area contributed by atoms with Crippen LogP contribution in [0.1, 0.15) is 17.5 Å². The minimum absolute atomic E-state index is 0.157. The Bertz CT molecular complexity index is 743. The lowest BCUT2D eigenvalue weighted by Crippen LogP contribution is -2.23. The number of carbonyl (C=O) groups excluding carboxylic acids is 1. The second-order valence-corrected chi connectivity index (χ2v) is 5.72. The highest BCUT2D eigenvalue weighted by Gasteiger charge is 2.12. The van der Waals surface area contributed by atoms with E-state index in [4.69, 9.17) is 14.2 Å². The van der Waals surface area contributed by atoms with Gasteiger partial charge in [0, 0.05) is 25.4 Å². The fraction of sp³-hybridized carbons (Fsp3) is 0.368. The van der Waals surface area contributed by atoms with Crippen molar-refractivity contribution in [1.82, 2.24) is 15.1 Å². The number of amides is 1. The third-order valence-corrected chi connectivity index (χ3v) is 3.74. The number of carbonyl (C=O) groups is 1. The number of nitrogens with zero attached hydrogens (tertiary/aromatic N) is 2. The SMILES string of the molecule is COc1cc(/C=C/C(=O)NCCCn2cc(C)cn2)cc(OC)c1OC. The van der Waals surface area contributed by atoms with Gasteiger partial charge in [-0.3, -0.25) is 9.48 Å². The van der Waals surface area contributed by atoms with E-state index in [0.29, 0.717) is 23.8 Å². The van der Waals surface area contributed by atoms with Crippen LogP contribution in [0.3, 0.4) is 0 Å². The first kappa shape index (κ1) is 19.4. The second-order valence-electron chi connectivity index (χ2n) is 5.72. The lowest BCUT2D eigenvalue weighted by atomic mass is 10.1. The topological polar surface area (TPSA) is 74.6 Å². The number of aromatic nitrogens is 2. The summed E-state index contributed by atoms with van der Waals surface area (Å²) >= 11 is 0. The van der Waals surface area contributed by atoms with Gasteiger partial charge in [0.25, 0.3) is 0 Å². The molecule has 1 N–H and O–H groups in total. The van der Waals surface area contributed by atoms with Crippen LogP contribution < -0.4 is 19.5 Å². The van der Waals surface area contributed by atoms with Crippen LogP contribution in [0, 0.1) is 6.92 Å².